The topological polar surface area (TPSA) is 88.2 Å². The number of aryl methyl sites for hydroxylation is 1. The summed E-state index contributed by atoms with van der Waals surface area (Å²) in [4.78, 5) is 41.2. The number of amides is 3. The van der Waals surface area contributed by atoms with Gasteiger partial charge in [0, 0.05) is 53.7 Å². The van der Waals surface area contributed by atoms with Crippen LogP contribution in [-0.4, -0.2) is 51.1 Å². The van der Waals surface area contributed by atoms with Crippen LogP contribution >= 0.6 is 0 Å². The van der Waals surface area contributed by atoms with Crippen LogP contribution in [0.15, 0.2) is 110 Å². The summed E-state index contributed by atoms with van der Waals surface area (Å²) in [6, 6.07) is 19.9. The zero-order valence-electron chi connectivity index (χ0n) is 32.2. The minimum Gasteiger partial charge on any atom is -0.497 e. The molecule has 0 saturated heterocycles. The molecule has 0 aliphatic carbocycles. The molecule has 12 heteroatoms. The lowest BCUT2D eigenvalue weighted by atomic mass is 9.99. The third-order valence-corrected chi connectivity index (χ3v) is 8.62. The maximum atomic E-state index is 13.5. The van der Waals surface area contributed by atoms with Gasteiger partial charge in [-0.1, -0.05) is 19.1 Å². The summed E-state index contributed by atoms with van der Waals surface area (Å²) in [5.74, 6) is -2.50. The van der Waals surface area contributed by atoms with E-state index in [1.807, 2.05) is 12.1 Å². The molecule has 304 valence electrons. The number of anilines is 2. The third-order valence-electron chi connectivity index (χ3n) is 8.62. The third kappa shape index (κ3) is 14.1. The van der Waals surface area contributed by atoms with Gasteiger partial charge in [-0.05, 0) is 116 Å². The summed E-state index contributed by atoms with van der Waals surface area (Å²) >= 11 is 0. The van der Waals surface area contributed by atoms with Crippen molar-refractivity contribution in [3.8, 4) is 11.5 Å². The number of carbonyl (C=O) groups is 3. The highest BCUT2D eigenvalue weighted by molar-refractivity contribution is 5.99. The fourth-order valence-electron chi connectivity index (χ4n) is 5.89. The molecular formula is C44H55F4N3O5. The monoisotopic (exact) mass is 781 g/mol. The van der Waals surface area contributed by atoms with Crippen molar-refractivity contribution in [3.05, 3.63) is 145 Å². The first-order valence-corrected chi connectivity index (χ1v) is 18.1. The first kappa shape index (κ1) is 44.5. The Balaban J connectivity index is 0.00000109. The highest BCUT2D eigenvalue weighted by Gasteiger charge is 2.26. The highest BCUT2D eigenvalue weighted by atomic mass is 19.1. The molecule has 56 heavy (non-hydrogen) atoms. The largest absolute Gasteiger partial charge is 0.497 e. The van der Waals surface area contributed by atoms with Crippen LogP contribution in [-0.2, 0) is 27.2 Å². The second-order valence-corrected chi connectivity index (χ2v) is 13.0. The van der Waals surface area contributed by atoms with Gasteiger partial charge in [-0.2, -0.15) is 0 Å². The molecule has 2 atom stereocenters. The molecule has 4 aromatic rings. The number of halogens is 4. The van der Waals surface area contributed by atoms with Crippen molar-refractivity contribution in [3.63, 3.8) is 0 Å². The van der Waals surface area contributed by atoms with E-state index in [1.165, 1.54) is 31.2 Å². The molecule has 0 aliphatic heterocycles. The number of hydrogen-bond donors (Lipinski definition) is 1. The molecular weight excluding hydrogens is 726 g/mol. The molecule has 0 bridgehead atoms. The van der Waals surface area contributed by atoms with Crippen LogP contribution in [0.25, 0.3) is 0 Å². The first-order valence-electron chi connectivity index (χ1n) is 18.1. The molecule has 0 heterocycles. The average molecular weight is 782 g/mol. The number of nitrogens with zero attached hydrogens (tertiary/aromatic N) is 2. The lowest BCUT2D eigenvalue weighted by molar-refractivity contribution is -0.126. The molecule has 0 saturated carbocycles. The van der Waals surface area contributed by atoms with E-state index in [-0.39, 0.29) is 41.3 Å². The van der Waals surface area contributed by atoms with Gasteiger partial charge in [0.1, 0.15) is 40.8 Å². The Kier molecular flexibility index (Phi) is 17.8. The number of benzene rings is 4. The van der Waals surface area contributed by atoms with Gasteiger partial charge < -0.3 is 24.6 Å². The summed E-state index contributed by atoms with van der Waals surface area (Å²) < 4.78 is 64.0. The van der Waals surface area contributed by atoms with Gasteiger partial charge in [-0.15, -0.1) is 13.2 Å². The van der Waals surface area contributed by atoms with Crippen molar-refractivity contribution in [1.82, 2.24) is 5.32 Å². The van der Waals surface area contributed by atoms with Crippen molar-refractivity contribution in [2.45, 2.75) is 52.0 Å². The maximum Gasteiger partial charge on any atom is 0.249 e. The molecule has 0 aromatic heterocycles. The molecule has 3 amide bonds. The lowest BCUT2D eigenvalue weighted by Crippen LogP contribution is -2.48. The van der Waals surface area contributed by atoms with Crippen molar-refractivity contribution in [2.75, 3.05) is 37.1 Å². The van der Waals surface area contributed by atoms with Crippen LogP contribution in [0.3, 0.4) is 0 Å². The Hall–Kier alpha value is -5.91. The summed E-state index contributed by atoms with van der Waals surface area (Å²) in [6.07, 6.45) is 5.32. The maximum absolute atomic E-state index is 13.5. The van der Waals surface area contributed by atoms with Gasteiger partial charge in [0.25, 0.3) is 0 Å². The Labute approximate surface area is 330 Å². The van der Waals surface area contributed by atoms with E-state index in [2.05, 4.69) is 18.5 Å². The van der Waals surface area contributed by atoms with Crippen LogP contribution in [0, 0.1) is 29.2 Å². The molecule has 4 aromatic carbocycles. The SMILES string of the molecule is C=CCCN(C(=O)[C@@H](C)Cc1cc(F)cc(F)c1)c1ccc(OC)cc1.C=CCCN(C(=O)[C@H](CCc1cc(F)cc(F)c1)NC(C)=O)c1ccc(OC)cc1.[HH].[HH].[HH]. The van der Waals surface area contributed by atoms with Gasteiger partial charge in [0.05, 0.1) is 14.2 Å². The normalized spacial score (nSPS) is 11.6. The molecule has 0 aliphatic rings. The van der Waals surface area contributed by atoms with Crippen LogP contribution in [0.1, 0.15) is 48.5 Å². The van der Waals surface area contributed by atoms with Crippen molar-refractivity contribution < 1.29 is 45.7 Å². The van der Waals surface area contributed by atoms with Gasteiger partial charge in [-0.25, -0.2) is 17.6 Å². The van der Waals surface area contributed by atoms with Crippen LogP contribution in [0.2, 0.25) is 0 Å². The van der Waals surface area contributed by atoms with Gasteiger partial charge in [-0.3, -0.25) is 14.4 Å². The van der Waals surface area contributed by atoms with Crippen LogP contribution < -0.4 is 24.6 Å². The molecule has 0 spiro atoms. The Morgan fingerprint density at radius 3 is 1.50 bits per heavy atom. The quantitative estimate of drug-likeness (QED) is 0.0803. The summed E-state index contributed by atoms with van der Waals surface area (Å²) in [5.41, 5.74) is 2.27. The minimum absolute atomic E-state index is 0. The molecule has 0 radical (unpaired) electrons. The number of ether oxygens (including phenoxy) is 2. The number of carbonyl (C=O) groups excluding carboxylic acids is 3. The van der Waals surface area contributed by atoms with E-state index in [0.29, 0.717) is 54.2 Å². The van der Waals surface area contributed by atoms with Crippen LogP contribution in [0.4, 0.5) is 28.9 Å². The Morgan fingerprint density at radius 1 is 0.696 bits per heavy atom. The van der Waals surface area contributed by atoms with E-state index >= 15 is 0 Å². The lowest BCUT2D eigenvalue weighted by Gasteiger charge is -2.28. The fourth-order valence-corrected chi connectivity index (χ4v) is 5.89. The Bertz CT molecular complexity index is 1900. The van der Waals surface area contributed by atoms with Gasteiger partial charge in [0.15, 0.2) is 0 Å². The summed E-state index contributed by atoms with van der Waals surface area (Å²) in [6.45, 7) is 11.3. The van der Waals surface area contributed by atoms with Crippen molar-refractivity contribution >= 4 is 29.1 Å². The minimum atomic E-state index is -0.847. The predicted molar refractivity (Wildman–Crippen MR) is 218 cm³/mol. The van der Waals surface area contributed by atoms with Gasteiger partial charge >= 0.3 is 0 Å². The zero-order chi connectivity index (χ0) is 41.2. The zero-order valence-corrected chi connectivity index (χ0v) is 32.2. The van der Waals surface area contributed by atoms with E-state index < -0.39 is 35.2 Å². The van der Waals surface area contributed by atoms with Crippen molar-refractivity contribution in [1.29, 1.82) is 0 Å². The second-order valence-electron chi connectivity index (χ2n) is 13.0. The Morgan fingerprint density at radius 2 is 1.11 bits per heavy atom. The molecule has 0 unspecified atom stereocenters. The number of hydrogen-bond acceptors (Lipinski definition) is 5. The standard InChI is InChI=1S/C23H26F2N2O3.C21H23F2NO2.3H2/c1-4-5-12-27(20-7-9-21(30-3)10-8-20)23(29)22(26-16(2)28)11-6-17-13-18(24)15-19(25)14-17;1-4-5-10-24(19-6-8-20(26-3)9-7-19)21(25)15(2)11-16-12-17(22)14-18(23)13-16;;;/h4,7-10,13-15,22H,1,5-6,11-12H2,2-3H3,(H,26,28);4,6-9,12-15H,1,5,10-11H2,2-3H3;3*1H/t22-;15-;;;/m00.../s1. The number of nitrogens with one attached hydrogen (secondary N) is 1. The van der Waals surface area contributed by atoms with Gasteiger partial charge in [0.2, 0.25) is 17.7 Å². The highest BCUT2D eigenvalue weighted by Crippen LogP contribution is 2.24. The van der Waals surface area contributed by atoms with E-state index in [0.717, 1.165) is 17.8 Å². The van der Waals surface area contributed by atoms with Crippen LogP contribution in [0.5, 0.6) is 11.5 Å². The number of rotatable bonds is 18. The van der Waals surface area contributed by atoms with E-state index in [4.69, 9.17) is 9.47 Å². The molecule has 4 rings (SSSR count). The molecule has 0 fully saturated rings. The number of methoxy groups -OCH3 is 2. The first-order chi connectivity index (χ1) is 26.8. The second kappa shape index (κ2) is 22.5. The summed E-state index contributed by atoms with van der Waals surface area (Å²) in [5, 5.41) is 2.66. The molecule has 8 nitrogen and oxygen atoms in total. The summed E-state index contributed by atoms with van der Waals surface area (Å²) in [7, 11) is 3.13. The van der Waals surface area contributed by atoms with Crippen molar-refractivity contribution in [2.24, 2.45) is 5.92 Å². The average Bonchev–Trinajstić information content (AvgIpc) is 3.16. The van der Waals surface area contributed by atoms with E-state index in [1.54, 1.807) is 79.5 Å². The molecule has 1 N–H and O–H groups in total. The fraction of sp³-hybridized carbons (Fsp3) is 0.295. The predicted octanol–water partition coefficient (Wildman–Crippen LogP) is 9.52. The smallest absolute Gasteiger partial charge is 0.249 e. The van der Waals surface area contributed by atoms with E-state index in [9.17, 15) is 31.9 Å².